The minimum atomic E-state index is -1.42. The lowest BCUT2D eigenvalue weighted by atomic mass is 9.85. The lowest BCUT2D eigenvalue weighted by Crippen LogP contribution is -2.48. The lowest BCUT2D eigenvalue weighted by Gasteiger charge is -2.34. The van der Waals surface area contributed by atoms with Crippen LogP contribution in [0.15, 0.2) is 54.6 Å². The number of carbonyl (C=O) groups excluding carboxylic acids is 2. The first-order valence-electron chi connectivity index (χ1n) is 7.92. The predicted molar refractivity (Wildman–Crippen MR) is 94.3 cm³/mol. The molecule has 1 N–H and O–H groups in total. The molecule has 0 saturated carbocycles. The molecule has 130 valence electrons. The molecule has 0 radical (unpaired) electrons. The summed E-state index contributed by atoms with van der Waals surface area (Å²) in [4.78, 5) is 24.4. The Morgan fingerprint density at radius 1 is 1.20 bits per heavy atom. The third-order valence-corrected chi connectivity index (χ3v) is 4.53. The number of hydrogen-bond donors (Lipinski definition) is 1. The molecule has 25 heavy (non-hydrogen) atoms. The van der Waals surface area contributed by atoms with Gasteiger partial charge in [-0.1, -0.05) is 41.9 Å². The van der Waals surface area contributed by atoms with Gasteiger partial charge in [0, 0.05) is 17.1 Å². The van der Waals surface area contributed by atoms with Crippen LogP contribution in [0.4, 0.5) is 5.69 Å². The maximum Gasteiger partial charge on any atom is 0.352 e. The van der Waals surface area contributed by atoms with E-state index in [9.17, 15) is 9.59 Å². The van der Waals surface area contributed by atoms with Gasteiger partial charge in [0.15, 0.2) is 0 Å². The van der Waals surface area contributed by atoms with Crippen molar-refractivity contribution in [2.24, 2.45) is 0 Å². The summed E-state index contributed by atoms with van der Waals surface area (Å²) in [6.07, 6.45) is 0.404. The molecule has 2 aromatic carbocycles. The molecule has 3 rings (SSSR count). The van der Waals surface area contributed by atoms with E-state index in [-0.39, 0.29) is 12.8 Å². The molecule has 1 heterocycles. The van der Waals surface area contributed by atoms with Gasteiger partial charge in [0.05, 0.1) is 13.5 Å². The summed E-state index contributed by atoms with van der Waals surface area (Å²) in [6, 6.07) is 15.9. The van der Waals surface area contributed by atoms with Gasteiger partial charge in [-0.15, -0.1) is 0 Å². The van der Waals surface area contributed by atoms with Crippen LogP contribution in [-0.2, 0) is 19.1 Å². The zero-order valence-electron chi connectivity index (χ0n) is 13.7. The Balaban J connectivity index is 2.06. The molecule has 1 fully saturated rings. The topological polar surface area (TPSA) is 64.6 Å². The molecule has 0 spiro atoms. The number of esters is 2. The molecule has 1 aliphatic rings. The molecule has 0 unspecified atom stereocenters. The predicted octanol–water partition coefficient (Wildman–Crippen LogP) is 3.74. The summed E-state index contributed by atoms with van der Waals surface area (Å²) >= 11 is 5.99. The molecule has 6 heteroatoms. The van der Waals surface area contributed by atoms with Gasteiger partial charge >= 0.3 is 11.9 Å². The second-order valence-corrected chi connectivity index (χ2v) is 6.29. The molecule has 2 aromatic rings. The van der Waals surface area contributed by atoms with Gasteiger partial charge in [-0.2, -0.15) is 0 Å². The van der Waals surface area contributed by atoms with E-state index in [0.29, 0.717) is 5.02 Å². The third-order valence-electron chi connectivity index (χ3n) is 4.28. The first-order chi connectivity index (χ1) is 12.0. The molecule has 5 nitrogen and oxygen atoms in total. The van der Waals surface area contributed by atoms with Crippen molar-refractivity contribution in [1.82, 2.24) is 0 Å². The quantitative estimate of drug-likeness (QED) is 0.824. The van der Waals surface area contributed by atoms with Gasteiger partial charge in [-0.25, -0.2) is 4.79 Å². The van der Waals surface area contributed by atoms with E-state index in [4.69, 9.17) is 21.1 Å². The normalized spacial score (nSPS) is 20.6. The van der Waals surface area contributed by atoms with Crippen molar-refractivity contribution in [1.29, 1.82) is 0 Å². The largest absolute Gasteiger partial charge is 0.466 e. The van der Waals surface area contributed by atoms with Crippen molar-refractivity contribution in [3.63, 3.8) is 0 Å². The maximum absolute atomic E-state index is 12.6. The van der Waals surface area contributed by atoms with E-state index in [1.165, 1.54) is 7.11 Å². The summed E-state index contributed by atoms with van der Waals surface area (Å²) in [7, 11) is 1.29. The van der Waals surface area contributed by atoms with Crippen LogP contribution >= 0.6 is 11.6 Å². The fourth-order valence-corrected chi connectivity index (χ4v) is 3.18. The molecular formula is C19H18ClNO4. The van der Waals surface area contributed by atoms with Crippen LogP contribution in [0.5, 0.6) is 0 Å². The van der Waals surface area contributed by atoms with E-state index in [2.05, 4.69) is 5.32 Å². The van der Waals surface area contributed by atoms with E-state index in [1.54, 1.807) is 24.3 Å². The summed E-state index contributed by atoms with van der Waals surface area (Å²) in [5.74, 6) is -0.999. The van der Waals surface area contributed by atoms with Crippen molar-refractivity contribution < 1.29 is 19.1 Å². The van der Waals surface area contributed by atoms with Gasteiger partial charge in [-0.3, -0.25) is 4.79 Å². The molecular weight excluding hydrogens is 342 g/mol. The number of methoxy groups -OCH3 is 1. The van der Waals surface area contributed by atoms with Crippen LogP contribution in [0.3, 0.4) is 0 Å². The Morgan fingerprint density at radius 3 is 2.44 bits per heavy atom. The first-order valence-corrected chi connectivity index (χ1v) is 8.30. The van der Waals surface area contributed by atoms with Crippen molar-refractivity contribution in [2.75, 3.05) is 12.4 Å². The zero-order chi connectivity index (χ0) is 17.9. The molecule has 0 amide bonds. The number of benzene rings is 2. The van der Waals surface area contributed by atoms with E-state index in [0.717, 1.165) is 11.3 Å². The van der Waals surface area contributed by atoms with Crippen LogP contribution in [0, 0.1) is 0 Å². The Labute approximate surface area is 150 Å². The fourth-order valence-electron chi connectivity index (χ4n) is 3.06. The summed E-state index contributed by atoms with van der Waals surface area (Å²) in [5.41, 5.74) is 0.150. The lowest BCUT2D eigenvalue weighted by molar-refractivity contribution is -0.174. The van der Waals surface area contributed by atoms with Crippen LogP contribution in [0.2, 0.25) is 5.02 Å². The standard InChI is InChI=1S/C19H18ClNO4/c1-24-18(23)19(12-11-16(22)25-19)17(13-7-9-14(20)10-8-13)21-15-5-3-2-4-6-15/h2-10,17,21H,11-12H2,1H3/t17-,19-/m0/s1. The number of ether oxygens (including phenoxy) is 2. The Bertz CT molecular complexity index is 763. The van der Waals surface area contributed by atoms with Gasteiger partial charge in [-0.05, 0) is 29.8 Å². The average Bonchev–Trinajstić information content (AvgIpc) is 3.03. The number of anilines is 1. The summed E-state index contributed by atoms with van der Waals surface area (Å²) in [5, 5.41) is 3.89. The SMILES string of the molecule is COC(=O)[C@@]1([C@@H](Nc2ccccc2)c2ccc(Cl)cc2)CCC(=O)O1. The summed E-state index contributed by atoms with van der Waals surface area (Å²) in [6.45, 7) is 0. The molecule has 0 bridgehead atoms. The zero-order valence-corrected chi connectivity index (χ0v) is 14.5. The molecule has 0 aromatic heterocycles. The minimum absolute atomic E-state index is 0.162. The Morgan fingerprint density at radius 2 is 1.88 bits per heavy atom. The molecule has 0 aliphatic carbocycles. The van der Waals surface area contributed by atoms with Gasteiger partial charge in [0.1, 0.15) is 6.04 Å². The smallest absolute Gasteiger partial charge is 0.352 e. The first kappa shape index (κ1) is 17.3. The van der Waals surface area contributed by atoms with Crippen molar-refractivity contribution in [3.05, 3.63) is 65.2 Å². The fraction of sp³-hybridized carbons (Fsp3) is 0.263. The van der Waals surface area contributed by atoms with Crippen LogP contribution in [0.25, 0.3) is 0 Å². The van der Waals surface area contributed by atoms with Gasteiger partial charge in [0.2, 0.25) is 5.60 Å². The number of halogens is 1. The maximum atomic E-state index is 12.6. The highest BCUT2D eigenvalue weighted by Gasteiger charge is 2.55. The number of para-hydroxylation sites is 1. The van der Waals surface area contributed by atoms with Crippen molar-refractivity contribution in [2.45, 2.75) is 24.5 Å². The molecule has 2 atom stereocenters. The number of nitrogens with one attached hydrogen (secondary N) is 1. The Kier molecular flexibility index (Phi) is 4.95. The van der Waals surface area contributed by atoms with E-state index >= 15 is 0 Å². The molecule has 1 aliphatic heterocycles. The highest BCUT2D eigenvalue weighted by Crippen LogP contribution is 2.41. The second-order valence-electron chi connectivity index (χ2n) is 5.85. The average molecular weight is 360 g/mol. The second kappa shape index (κ2) is 7.15. The highest BCUT2D eigenvalue weighted by atomic mass is 35.5. The number of rotatable bonds is 5. The molecule has 1 saturated heterocycles. The number of hydrogen-bond acceptors (Lipinski definition) is 5. The van der Waals surface area contributed by atoms with Gasteiger partial charge in [0.25, 0.3) is 0 Å². The van der Waals surface area contributed by atoms with Crippen LogP contribution in [0.1, 0.15) is 24.4 Å². The van der Waals surface area contributed by atoms with Gasteiger partial charge < -0.3 is 14.8 Å². The van der Waals surface area contributed by atoms with Crippen LogP contribution < -0.4 is 5.32 Å². The number of carbonyl (C=O) groups is 2. The Hall–Kier alpha value is -2.53. The highest BCUT2D eigenvalue weighted by molar-refractivity contribution is 6.30. The number of cyclic esters (lactones) is 1. The van der Waals surface area contributed by atoms with Crippen LogP contribution in [-0.4, -0.2) is 24.6 Å². The monoisotopic (exact) mass is 359 g/mol. The minimum Gasteiger partial charge on any atom is -0.466 e. The summed E-state index contributed by atoms with van der Waals surface area (Å²) < 4.78 is 10.5. The third kappa shape index (κ3) is 3.46. The van der Waals surface area contributed by atoms with E-state index in [1.807, 2.05) is 30.3 Å². The van der Waals surface area contributed by atoms with Crippen molar-refractivity contribution >= 4 is 29.2 Å². The van der Waals surface area contributed by atoms with E-state index < -0.39 is 23.6 Å². The van der Waals surface area contributed by atoms with Crippen molar-refractivity contribution in [3.8, 4) is 0 Å².